The van der Waals surface area contributed by atoms with Gasteiger partial charge in [0.1, 0.15) is 5.82 Å². The number of hydrogen-bond donors (Lipinski definition) is 2. The lowest BCUT2D eigenvalue weighted by Gasteiger charge is -2.34. The first-order chi connectivity index (χ1) is 16.7. The van der Waals surface area contributed by atoms with Crippen molar-refractivity contribution in [3.05, 3.63) is 82.4 Å². The van der Waals surface area contributed by atoms with Crippen molar-refractivity contribution in [2.45, 2.75) is 44.9 Å². The first kappa shape index (κ1) is 22.8. The van der Waals surface area contributed by atoms with E-state index in [2.05, 4.69) is 20.2 Å². The lowest BCUT2D eigenvalue weighted by atomic mass is 9.91. The second-order valence-electron chi connectivity index (χ2n) is 8.84. The molecule has 0 saturated heterocycles. The summed E-state index contributed by atoms with van der Waals surface area (Å²) in [5.74, 6) is 0.213. The average Bonchev–Trinajstić information content (AvgIpc) is 3.30. The Morgan fingerprint density at radius 1 is 1.20 bits per heavy atom. The van der Waals surface area contributed by atoms with Crippen LogP contribution >= 0.6 is 0 Å². The molecule has 7 nitrogen and oxygen atoms in total. The van der Waals surface area contributed by atoms with Gasteiger partial charge in [-0.1, -0.05) is 0 Å². The Morgan fingerprint density at radius 2 is 2.03 bits per heavy atom. The summed E-state index contributed by atoms with van der Waals surface area (Å²) in [6, 6.07) is 9.28. The summed E-state index contributed by atoms with van der Waals surface area (Å²) in [6.45, 7) is 1.94. The number of alkyl halides is 3. The molecule has 0 radical (unpaired) electrons. The highest BCUT2D eigenvalue weighted by Crippen LogP contribution is 2.30. The van der Waals surface area contributed by atoms with Crippen LogP contribution in [0.15, 0.2) is 48.8 Å². The van der Waals surface area contributed by atoms with Gasteiger partial charge in [-0.05, 0) is 73.7 Å². The molecule has 0 fully saturated rings. The van der Waals surface area contributed by atoms with Crippen LogP contribution in [0.1, 0.15) is 44.9 Å². The van der Waals surface area contributed by atoms with Crippen molar-refractivity contribution in [2.24, 2.45) is 0 Å². The number of aromatic amines is 1. The van der Waals surface area contributed by atoms with E-state index in [1.807, 2.05) is 13.0 Å². The molecule has 1 atom stereocenters. The van der Waals surface area contributed by atoms with E-state index >= 15 is 0 Å². The third kappa shape index (κ3) is 4.55. The van der Waals surface area contributed by atoms with E-state index in [1.54, 1.807) is 29.3 Å². The van der Waals surface area contributed by atoms with Crippen LogP contribution < -0.4 is 5.73 Å². The minimum absolute atomic E-state index is 0.0892. The molecule has 3 heterocycles. The molecule has 3 aromatic heterocycles. The Morgan fingerprint density at radius 3 is 2.77 bits per heavy atom. The Hall–Kier alpha value is -3.95. The maximum atomic E-state index is 13.8. The monoisotopic (exact) mass is 480 g/mol. The van der Waals surface area contributed by atoms with Gasteiger partial charge in [0, 0.05) is 28.9 Å². The van der Waals surface area contributed by atoms with Crippen LogP contribution in [0.4, 0.5) is 19.0 Å². The van der Waals surface area contributed by atoms with Crippen molar-refractivity contribution in [1.82, 2.24) is 25.1 Å². The summed E-state index contributed by atoms with van der Waals surface area (Å²) in [5.41, 5.74) is 9.52. The van der Waals surface area contributed by atoms with Crippen LogP contribution in [0, 0.1) is 6.92 Å². The number of carbonyl (C=O) groups excluding carboxylic acids is 1. The van der Waals surface area contributed by atoms with Gasteiger partial charge in [0.2, 0.25) is 0 Å². The Kier molecular flexibility index (Phi) is 5.66. The summed E-state index contributed by atoms with van der Waals surface area (Å²) >= 11 is 0. The zero-order valence-corrected chi connectivity index (χ0v) is 18.9. The standard InChI is InChI=1S/C25H23F3N6O/c1-14-8-16-9-15(2-6-21(16)32-23(14)29)24(35)34(20-5-7-22-17(10-20)11-31-33-22)13-19-4-3-18(12-30-19)25(26,27)28/h2-4,6,8-9,11-12,20H,5,7,10,13H2,1H3,(H2,29,32)(H,31,33)/t20-/m1/s1. The third-order valence-electron chi connectivity index (χ3n) is 6.47. The molecular weight excluding hydrogens is 457 g/mol. The highest BCUT2D eigenvalue weighted by Gasteiger charge is 2.32. The van der Waals surface area contributed by atoms with E-state index < -0.39 is 11.7 Å². The number of hydrogen-bond acceptors (Lipinski definition) is 5. The number of nitrogens with zero attached hydrogens (tertiary/aromatic N) is 4. The number of rotatable bonds is 4. The zero-order chi connectivity index (χ0) is 24.7. The smallest absolute Gasteiger partial charge is 0.383 e. The molecule has 4 aromatic rings. The lowest BCUT2D eigenvalue weighted by molar-refractivity contribution is -0.137. The van der Waals surface area contributed by atoms with Crippen molar-refractivity contribution in [3.63, 3.8) is 0 Å². The third-order valence-corrected chi connectivity index (χ3v) is 6.47. The van der Waals surface area contributed by atoms with Crippen LogP contribution in [-0.2, 0) is 25.6 Å². The molecule has 180 valence electrons. The molecule has 35 heavy (non-hydrogen) atoms. The maximum Gasteiger partial charge on any atom is 0.417 e. The number of pyridine rings is 2. The van der Waals surface area contributed by atoms with Gasteiger partial charge in [0.25, 0.3) is 5.91 Å². The van der Waals surface area contributed by atoms with Crippen molar-refractivity contribution < 1.29 is 18.0 Å². The zero-order valence-electron chi connectivity index (χ0n) is 18.9. The van der Waals surface area contributed by atoms with Gasteiger partial charge >= 0.3 is 6.18 Å². The SMILES string of the molecule is Cc1cc2cc(C(=O)N(Cc3ccc(C(F)(F)F)cn3)[C@@H]3CCc4[nH]ncc4C3)ccc2nc1N. The van der Waals surface area contributed by atoms with Crippen molar-refractivity contribution in [1.29, 1.82) is 0 Å². The fraction of sp³-hybridized carbons (Fsp3) is 0.280. The number of carbonyl (C=O) groups is 1. The molecule has 5 rings (SSSR count). The molecule has 10 heteroatoms. The molecule has 0 aliphatic heterocycles. The Labute approximate surface area is 199 Å². The summed E-state index contributed by atoms with van der Waals surface area (Å²) in [4.78, 5) is 23.8. The molecule has 1 aliphatic rings. The predicted octanol–water partition coefficient (Wildman–Crippen LogP) is 4.46. The fourth-order valence-corrected chi connectivity index (χ4v) is 4.49. The number of anilines is 1. The maximum absolute atomic E-state index is 13.8. The number of nitrogens with one attached hydrogen (secondary N) is 1. The number of nitrogens with two attached hydrogens (primary N) is 1. The highest BCUT2D eigenvalue weighted by atomic mass is 19.4. The van der Waals surface area contributed by atoms with Gasteiger partial charge in [-0.3, -0.25) is 14.9 Å². The number of amides is 1. The molecular formula is C25H23F3N6O. The van der Waals surface area contributed by atoms with Gasteiger partial charge in [-0.15, -0.1) is 0 Å². The van der Waals surface area contributed by atoms with Crippen LogP contribution in [0.2, 0.25) is 0 Å². The van der Waals surface area contributed by atoms with Crippen molar-refractivity contribution in [3.8, 4) is 0 Å². The second kappa shape index (κ2) is 8.68. The van der Waals surface area contributed by atoms with Crippen LogP contribution in [0.5, 0.6) is 0 Å². The van der Waals surface area contributed by atoms with Crippen LogP contribution in [-0.4, -0.2) is 37.0 Å². The largest absolute Gasteiger partial charge is 0.417 e. The molecule has 0 unspecified atom stereocenters. The normalized spacial score (nSPS) is 15.7. The number of nitrogen functional groups attached to an aromatic ring is 1. The number of aromatic nitrogens is 4. The van der Waals surface area contributed by atoms with E-state index in [9.17, 15) is 18.0 Å². The molecule has 0 saturated carbocycles. The number of halogens is 3. The first-order valence-corrected chi connectivity index (χ1v) is 11.2. The fourth-order valence-electron chi connectivity index (χ4n) is 4.49. The predicted molar refractivity (Wildman–Crippen MR) is 124 cm³/mol. The molecule has 0 spiro atoms. The number of aryl methyl sites for hydroxylation is 2. The summed E-state index contributed by atoms with van der Waals surface area (Å²) in [6.07, 6.45) is 0.125. The van der Waals surface area contributed by atoms with E-state index in [4.69, 9.17) is 5.73 Å². The van der Waals surface area contributed by atoms with Crippen molar-refractivity contribution in [2.75, 3.05) is 5.73 Å². The molecule has 1 aliphatic carbocycles. The van der Waals surface area contributed by atoms with Gasteiger partial charge in [0.15, 0.2) is 0 Å². The number of H-pyrrole nitrogens is 1. The summed E-state index contributed by atoms with van der Waals surface area (Å²) in [7, 11) is 0. The number of fused-ring (bicyclic) bond motifs is 2. The minimum atomic E-state index is -4.47. The van der Waals surface area contributed by atoms with Crippen molar-refractivity contribution >= 4 is 22.6 Å². The average molecular weight is 480 g/mol. The van der Waals surface area contributed by atoms with Crippen LogP contribution in [0.25, 0.3) is 10.9 Å². The van der Waals surface area contributed by atoms with Gasteiger partial charge in [-0.2, -0.15) is 18.3 Å². The number of benzene rings is 1. The Balaban J connectivity index is 1.48. The van der Waals surface area contributed by atoms with E-state index in [0.717, 1.165) is 40.9 Å². The molecule has 3 N–H and O–H groups in total. The minimum Gasteiger partial charge on any atom is -0.383 e. The first-order valence-electron chi connectivity index (χ1n) is 11.2. The molecule has 0 bridgehead atoms. The van der Waals surface area contributed by atoms with E-state index in [-0.39, 0.29) is 18.5 Å². The lowest BCUT2D eigenvalue weighted by Crippen LogP contribution is -2.43. The van der Waals surface area contributed by atoms with E-state index in [0.29, 0.717) is 35.4 Å². The van der Waals surface area contributed by atoms with Gasteiger partial charge in [0.05, 0.1) is 29.5 Å². The summed E-state index contributed by atoms with van der Waals surface area (Å²) in [5, 5.41) is 7.88. The van der Waals surface area contributed by atoms with Gasteiger partial charge < -0.3 is 10.6 Å². The Bertz CT molecular complexity index is 1400. The quantitative estimate of drug-likeness (QED) is 0.449. The molecule has 1 aromatic carbocycles. The molecule has 1 amide bonds. The summed E-state index contributed by atoms with van der Waals surface area (Å²) < 4.78 is 39.0. The van der Waals surface area contributed by atoms with Crippen LogP contribution in [0.3, 0.4) is 0 Å². The van der Waals surface area contributed by atoms with Gasteiger partial charge in [-0.25, -0.2) is 4.98 Å². The van der Waals surface area contributed by atoms with E-state index in [1.165, 1.54) is 6.07 Å². The topological polar surface area (TPSA) is 101 Å². The second-order valence-corrected chi connectivity index (χ2v) is 8.84. The highest BCUT2D eigenvalue weighted by molar-refractivity contribution is 5.98.